The summed E-state index contributed by atoms with van der Waals surface area (Å²) >= 11 is 1.77. The number of aromatic nitrogens is 1. The lowest BCUT2D eigenvalue weighted by Crippen LogP contribution is -2.19. The van der Waals surface area contributed by atoms with Crippen molar-refractivity contribution in [3.05, 3.63) is 16.1 Å². The highest BCUT2D eigenvalue weighted by Gasteiger charge is 2.17. The molecule has 1 rings (SSSR count). The van der Waals surface area contributed by atoms with Crippen LogP contribution in [0.5, 0.6) is 0 Å². The third-order valence-electron chi connectivity index (χ3n) is 3.17. The predicted octanol–water partition coefficient (Wildman–Crippen LogP) is 3.54. The van der Waals surface area contributed by atoms with Crippen molar-refractivity contribution in [3.8, 4) is 0 Å². The second kappa shape index (κ2) is 6.23. The molecule has 86 valence electrons. The molecule has 1 N–H and O–H groups in total. The molecule has 2 nitrogen and oxygen atoms in total. The van der Waals surface area contributed by atoms with Gasteiger partial charge in [-0.25, -0.2) is 4.98 Å². The van der Waals surface area contributed by atoms with E-state index in [4.69, 9.17) is 0 Å². The van der Waals surface area contributed by atoms with Crippen molar-refractivity contribution in [2.24, 2.45) is 5.92 Å². The Morgan fingerprint density at radius 3 is 2.47 bits per heavy atom. The van der Waals surface area contributed by atoms with Crippen molar-refractivity contribution in [3.63, 3.8) is 0 Å². The molecule has 1 unspecified atom stereocenters. The number of hydrogen-bond acceptors (Lipinski definition) is 3. The van der Waals surface area contributed by atoms with Gasteiger partial charge in [-0.15, -0.1) is 11.3 Å². The van der Waals surface area contributed by atoms with E-state index in [0.717, 1.165) is 5.92 Å². The van der Waals surface area contributed by atoms with Crippen molar-refractivity contribution in [2.45, 2.75) is 46.1 Å². The Morgan fingerprint density at radius 1 is 1.40 bits per heavy atom. The highest BCUT2D eigenvalue weighted by Crippen LogP contribution is 2.29. The first-order chi connectivity index (χ1) is 7.22. The second-order valence-corrected chi connectivity index (χ2v) is 4.95. The fourth-order valence-corrected chi connectivity index (χ4v) is 2.88. The third-order valence-corrected chi connectivity index (χ3v) is 4.22. The molecule has 0 aliphatic heterocycles. The van der Waals surface area contributed by atoms with Gasteiger partial charge in [-0.2, -0.15) is 0 Å². The Labute approximate surface area is 97.1 Å². The molecule has 1 heterocycles. The van der Waals surface area contributed by atoms with Crippen molar-refractivity contribution >= 4 is 11.3 Å². The van der Waals surface area contributed by atoms with Gasteiger partial charge in [-0.1, -0.05) is 26.7 Å². The van der Waals surface area contributed by atoms with Gasteiger partial charge in [0.05, 0.1) is 11.2 Å². The van der Waals surface area contributed by atoms with Crippen molar-refractivity contribution < 1.29 is 0 Å². The lowest BCUT2D eigenvalue weighted by atomic mass is 9.94. The van der Waals surface area contributed by atoms with Crippen molar-refractivity contribution in [1.82, 2.24) is 10.3 Å². The fraction of sp³-hybridized carbons (Fsp3) is 0.750. The Hall–Kier alpha value is -0.410. The maximum atomic E-state index is 4.32. The van der Waals surface area contributed by atoms with E-state index >= 15 is 0 Å². The van der Waals surface area contributed by atoms with Gasteiger partial charge in [0.15, 0.2) is 0 Å². The van der Waals surface area contributed by atoms with E-state index in [1.54, 1.807) is 11.3 Å². The van der Waals surface area contributed by atoms with E-state index < -0.39 is 0 Å². The minimum Gasteiger partial charge on any atom is -0.312 e. The van der Waals surface area contributed by atoms with Gasteiger partial charge in [-0.3, -0.25) is 0 Å². The number of rotatable bonds is 6. The van der Waals surface area contributed by atoms with Crippen LogP contribution in [0.1, 0.15) is 49.7 Å². The van der Waals surface area contributed by atoms with E-state index in [1.807, 2.05) is 12.6 Å². The molecule has 15 heavy (non-hydrogen) atoms. The van der Waals surface area contributed by atoms with E-state index in [1.165, 1.54) is 29.8 Å². The van der Waals surface area contributed by atoms with E-state index in [9.17, 15) is 0 Å². The molecule has 0 aromatic carbocycles. The highest BCUT2D eigenvalue weighted by molar-refractivity contribution is 7.09. The van der Waals surface area contributed by atoms with Gasteiger partial charge in [0.25, 0.3) is 0 Å². The van der Waals surface area contributed by atoms with E-state index in [0.29, 0.717) is 6.04 Å². The molecular formula is C12H22N2S. The van der Waals surface area contributed by atoms with Crippen LogP contribution < -0.4 is 5.32 Å². The summed E-state index contributed by atoms with van der Waals surface area (Å²) in [6.45, 7) is 6.66. The van der Waals surface area contributed by atoms with Gasteiger partial charge in [-0.05, 0) is 26.3 Å². The molecule has 0 saturated carbocycles. The summed E-state index contributed by atoms with van der Waals surface area (Å²) in [6.07, 6.45) is 3.77. The third kappa shape index (κ3) is 3.28. The van der Waals surface area contributed by atoms with Crippen LogP contribution in [0.15, 0.2) is 5.51 Å². The zero-order valence-corrected chi connectivity index (χ0v) is 11.0. The smallest absolute Gasteiger partial charge is 0.0798 e. The molecule has 0 amide bonds. The molecule has 0 aliphatic rings. The van der Waals surface area contributed by atoms with Crippen LogP contribution >= 0.6 is 11.3 Å². The van der Waals surface area contributed by atoms with Crippen molar-refractivity contribution in [2.75, 3.05) is 7.05 Å². The summed E-state index contributed by atoms with van der Waals surface area (Å²) in [4.78, 5) is 5.73. The van der Waals surface area contributed by atoms with Gasteiger partial charge in [0.1, 0.15) is 0 Å². The standard InChI is InChI=1S/C12H22N2S/c1-5-10(6-2)7-11(13-4)12-9(3)14-8-15-12/h8,10-11,13H,5-7H2,1-4H3. The Kier molecular flexibility index (Phi) is 5.26. The lowest BCUT2D eigenvalue weighted by molar-refractivity contribution is 0.387. The summed E-state index contributed by atoms with van der Waals surface area (Å²) in [5, 5.41) is 3.41. The summed E-state index contributed by atoms with van der Waals surface area (Å²) in [5.41, 5.74) is 3.13. The Morgan fingerprint density at radius 2 is 2.07 bits per heavy atom. The Balaban J connectivity index is 2.68. The topological polar surface area (TPSA) is 24.9 Å². The van der Waals surface area contributed by atoms with Gasteiger partial charge in [0.2, 0.25) is 0 Å². The average molecular weight is 226 g/mol. The molecule has 0 fully saturated rings. The molecule has 1 aromatic heterocycles. The fourth-order valence-electron chi connectivity index (χ4n) is 1.96. The minimum atomic E-state index is 0.488. The van der Waals surface area contributed by atoms with Gasteiger partial charge in [0, 0.05) is 10.9 Å². The summed E-state index contributed by atoms with van der Waals surface area (Å²) in [5.74, 6) is 0.823. The molecule has 0 radical (unpaired) electrons. The first kappa shape index (κ1) is 12.7. The minimum absolute atomic E-state index is 0.488. The SMILES string of the molecule is CCC(CC)CC(NC)c1scnc1C. The summed E-state index contributed by atoms with van der Waals surface area (Å²) in [7, 11) is 2.05. The zero-order chi connectivity index (χ0) is 11.3. The Bertz CT molecular complexity index is 279. The maximum Gasteiger partial charge on any atom is 0.0798 e. The van der Waals surface area contributed by atoms with Crippen LogP contribution in [-0.4, -0.2) is 12.0 Å². The molecule has 0 bridgehead atoms. The monoisotopic (exact) mass is 226 g/mol. The number of nitrogens with zero attached hydrogens (tertiary/aromatic N) is 1. The lowest BCUT2D eigenvalue weighted by Gasteiger charge is -2.20. The molecule has 1 atom stereocenters. The first-order valence-corrected chi connectivity index (χ1v) is 6.68. The quantitative estimate of drug-likeness (QED) is 0.802. The zero-order valence-electron chi connectivity index (χ0n) is 10.2. The molecule has 1 aromatic rings. The second-order valence-electron chi connectivity index (χ2n) is 4.06. The maximum absolute atomic E-state index is 4.32. The normalized spacial score (nSPS) is 13.4. The average Bonchev–Trinajstić information content (AvgIpc) is 2.67. The predicted molar refractivity (Wildman–Crippen MR) is 67.3 cm³/mol. The van der Waals surface area contributed by atoms with Crippen LogP contribution in [0.4, 0.5) is 0 Å². The van der Waals surface area contributed by atoms with Crippen LogP contribution in [0.2, 0.25) is 0 Å². The van der Waals surface area contributed by atoms with E-state index in [-0.39, 0.29) is 0 Å². The molecule has 0 aliphatic carbocycles. The van der Waals surface area contributed by atoms with Gasteiger partial charge >= 0.3 is 0 Å². The molecule has 0 saturated heterocycles. The number of hydrogen-bond donors (Lipinski definition) is 1. The number of thiazole rings is 1. The van der Waals surface area contributed by atoms with Crippen molar-refractivity contribution in [1.29, 1.82) is 0 Å². The van der Waals surface area contributed by atoms with Crippen LogP contribution in [0.25, 0.3) is 0 Å². The van der Waals surface area contributed by atoms with Crippen LogP contribution in [-0.2, 0) is 0 Å². The summed E-state index contributed by atoms with van der Waals surface area (Å²) < 4.78 is 0. The van der Waals surface area contributed by atoms with E-state index in [2.05, 4.69) is 31.1 Å². The van der Waals surface area contributed by atoms with Crippen LogP contribution in [0.3, 0.4) is 0 Å². The highest BCUT2D eigenvalue weighted by atomic mass is 32.1. The molecule has 3 heteroatoms. The van der Waals surface area contributed by atoms with Gasteiger partial charge < -0.3 is 5.32 Å². The number of aryl methyl sites for hydroxylation is 1. The van der Waals surface area contributed by atoms with Crippen LogP contribution in [0, 0.1) is 12.8 Å². The number of nitrogens with one attached hydrogen (secondary N) is 1. The molecular weight excluding hydrogens is 204 g/mol. The first-order valence-electron chi connectivity index (χ1n) is 5.80. The summed E-state index contributed by atoms with van der Waals surface area (Å²) in [6, 6.07) is 0.488. The molecule has 0 spiro atoms. The largest absolute Gasteiger partial charge is 0.312 e.